The number of hydrogen-bond acceptors (Lipinski definition) is 5. The van der Waals surface area contributed by atoms with Crippen LogP contribution < -0.4 is 4.74 Å². The third-order valence-electron chi connectivity index (χ3n) is 5.55. The Morgan fingerprint density at radius 1 is 1.39 bits per heavy atom. The third kappa shape index (κ3) is 5.78. The predicted octanol–water partition coefficient (Wildman–Crippen LogP) is 4.38. The molecule has 1 unspecified atom stereocenters. The average molecular weight is 390 g/mol. The van der Waals surface area contributed by atoms with E-state index >= 15 is 0 Å². The third-order valence-corrected chi connectivity index (χ3v) is 5.55. The van der Waals surface area contributed by atoms with Crippen molar-refractivity contribution in [1.82, 2.24) is 4.90 Å². The molecule has 1 atom stereocenters. The highest BCUT2D eigenvalue weighted by Crippen LogP contribution is 2.32. The van der Waals surface area contributed by atoms with E-state index in [0.29, 0.717) is 43.4 Å². The van der Waals surface area contributed by atoms with Crippen molar-refractivity contribution in [2.45, 2.75) is 64.3 Å². The lowest BCUT2D eigenvalue weighted by Crippen LogP contribution is -2.41. The van der Waals surface area contributed by atoms with Gasteiger partial charge in [-0.15, -0.1) is 0 Å². The topological polar surface area (TPSA) is 89.8 Å². The maximum absolute atomic E-state index is 12.6. The van der Waals surface area contributed by atoms with Gasteiger partial charge in [-0.1, -0.05) is 26.2 Å². The van der Waals surface area contributed by atoms with Crippen LogP contribution in [0.1, 0.15) is 68.6 Å². The Morgan fingerprint density at radius 2 is 2.11 bits per heavy atom. The van der Waals surface area contributed by atoms with Crippen LogP contribution in [0.15, 0.2) is 18.2 Å². The fourth-order valence-electron chi connectivity index (χ4n) is 4.04. The largest absolute Gasteiger partial charge is 0.494 e. The van der Waals surface area contributed by atoms with Gasteiger partial charge in [-0.2, -0.15) is 0 Å². The van der Waals surface area contributed by atoms with E-state index in [0.717, 1.165) is 12.8 Å². The van der Waals surface area contributed by atoms with Crippen molar-refractivity contribution in [1.29, 1.82) is 0 Å². The molecule has 7 heteroatoms. The van der Waals surface area contributed by atoms with Crippen molar-refractivity contribution in [3.63, 3.8) is 0 Å². The standard InChI is InChI=1S/C21H30N2O5/c1-3-7-19(16-8-4-5-9-16)22(2)21(25)10-6-13-28-18-11-12-20(23(26)27)17(14-18)15-24/h11-12,14-16,19H,3-10,13H2,1-2H3. The van der Waals surface area contributed by atoms with Crippen LogP contribution in [0.2, 0.25) is 0 Å². The van der Waals surface area contributed by atoms with E-state index in [9.17, 15) is 19.7 Å². The Labute approximate surface area is 166 Å². The second-order valence-corrected chi connectivity index (χ2v) is 7.45. The molecule has 0 spiro atoms. The van der Waals surface area contributed by atoms with Crippen LogP contribution in [0.3, 0.4) is 0 Å². The molecule has 1 amide bonds. The van der Waals surface area contributed by atoms with Crippen molar-refractivity contribution in [2.75, 3.05) is 13.7 Å². The molecule has 2 rings (SSSR count). The molecule has 0 aliphatic heterocycles. The smallest absolute Gasteiger partial charge is 0.280 e. The van der Waals surface area contributed by atoms with Crippen molar-refractivity contribution < 1.29 is 19.2 Å². The fraction of sp³-hybridized carbons (Fsp3) is 0.619. The molecule has 0 N–H and O–H groups in total. The Morgan fingerprint density at radius 3 is 2.71 bits per heavy atom. The van der Waals surface area contributed by atoms with Crippen molar-refractivity contribution in [3.05, 3.63) is 33.9 Å². The number of carbonyl (C=O) groups excluding carboxylic acids is 2. The molecule has 1 fully saturated rings. The van der Waals surface area contributed by atoms with Gasteiger partial charge in [0.25, 0.3) is 5.69 Å². The van der Waals surface area contributed by atoms with Crippen LogP contribution in [0.25, 0.3) is 0 Å². The first-order chi connectivity index (χ1) is 13.5. The lowest BCUT2D eigenvalue weighted by Gasteiger charge is -2.33. The Kier molecular flexibility index (Phi) is 8.42. The molecule has 7 nitrogen and oxygen atoms in total. The van der Waals surface area contributed by atoms with Gasteiger partial charge in [0.05, 0.1) is 17.1 Å². The zero-order chi connectivity index (χ0) is 20.5. The molecule has 1 aromatic carbocycles. The number of nitrogens with zero attached hydrogens (tertiary/aromatic N) is 2. The minimum Gasteiger partial charge on any atom is -0.494 e. The number of amides is 1. The van der Waals surface area contributed by atoms with E-state index in [1.165, 1.54) is 43.9 Å². The first-order valence-corrected chi connectivity index (χ1v) is 10.1. The number of carbonyl (C=O) groups is 2. The van der Waals surface area contributed by atoms with Crippen LogP contribution in [-0.2, 0) is 4.79 Å². The number of nitro groups is 1. The molecule has 28 heavy (non-hydrogen) atoms. The highest BCUT2D eigenvalue weighted by molar-refractivity contribution is 5.82. The maximum Gasteiger partial charge on any atom is 0.280 e. The van der Waals surface area contributed by atoms with Crippen LogP contribution in [0.5, 0.6) is 5.75 Å². The fourth-order valence-corrected chi connectivity index (χ4v) is 4.04. The number of benzene rings is 1. The molecule has 1 aromatic rings. The maximum atomic E-state index is 12.6. The summed E-state index contributed by atoms with van der Waals surface area (Å²) in [5.41, 5.74) is -0.259. The number of rotatable bonds is 11. The SMILES string of the molecule is CCCC(C1CCCC1)N(C)C(=O)CCCOc1ccc([N+](=O)[O-])c(C=O)c1. The van der Waals surface area contributed by atoms with Crippen molar-refractivity contribution in [3.8, 4) is 5.75 Å². The van der Waals surface area contributed by atoms with Crippen molar-refractivity contribution >= 4 is 17.9 Å². The van der Waals surface area contributed by atoms with Crippen LogP contribution in [0.4, 0.5) is 5.69 Å². The molecule has 0 bridgehead atoms. The van der Waals surface area contributed by atoms with E-state index < -0.39 is 4.92 Å². The summed E-state index contributed by atoms with van der Waals surface area (Å²) < 4.78 is 5.57. The van der Waals surface area contributed by atoms with Gasteiger partial charge < -0.3 is 9.64 Å². The Hall–Kier alpha value is -2.44. The number of hydrogen-bond donors (Lipinski definition) is 0. The lowest BCUT2D eigenvalue weighted by atomic mass is 9.93. The second-order valence-electron chi connectivity index (χ2n) is 7.45. The molecule has 0 radical (unpaired) electrons. The van der Waals surface area contributed by atoms with Gasteiger partial charge in [-0.3, -0.25) is 19.7 Å². The summed E-state index contributed by atoms with van der Waals surface area (Å²) >= 11 is 0. The monoisotopic (exact) mass is 390 g/mol. The van der Waals surface area contributed by atoms with Gasteiger partial charge in [-0.25, -0.2) is 0 Å². The van der Waals surface area contributed by atoms with Gasteiger partial charge in [-0.05, 0) is 43.7 Å². The molecule has 154 valence electrons. The zero-order valence-electron chi connectivity index (χ0n) is 16.8. The van der Waals surface area contributed by atoms with E-state index in [1.54, 1.807) is 0 Å². The van der Waals surface area contributed by atoms with Crippen LogP contribution >= 0.6 is 0 Å². The average Bonchev–Trinajstić information content (AvgIpc) is 3.22. The summed E-state index contributed by atoms with van der Waals surface area (Å²) in [5.74, 6) is 1.14. The van der Waals surface area contributed by atoms with Gasteiger partial charge in [0.1, 0.15) is 5.75 Å². The second kappa shape index (κ2) is 10.8. The summed E-state index contributed by atoms with van der Waals surface area (Å²) in [6, 6.07) is 4.41. The molecule has 0 saturated heterocycles. The van der Waals surface area contributed by atoms with Gasteiger partial charge >= 0.3 is 0 Å². The van der Waals surface area contributed by atoms with E-state index in [-0.39, 0.29) is 17.2 Å². The van der Waals surface area contributed by atoms with Gasteiger partial charge in [0.15, 0.2) is 6.29 Å². The van der Waals surface area contributed by atoms with E-state index in [2.05, 4.69) is 6.92 Å². The van der Waals surface area contributed by atoms with Gasteiger partial charge in [0.2, 0.25) is 5.91 Å². The van der Waals surface area contributed by atoms with Crippen LogP contribution in [-0.4, -0.2) is 41.7 Å². The summed E-state index contributed by atoms with van der Waals surface area (Å²) in [6.07, 6.45) is 8.46. The molecule has 1 saturated carbocycles. The van der Waals surface area contributed by atoms with Crippen molar-refractivity contribution in [2.24, 2.45) is 5.92 Å². The highest BCUT2D eigenvalue weighted by atomic mass is 16.6. The molecule has 0 heterocycles. The van der Waals surface area contributed by atoms with Crippen LogP contribution in [0, 0.1) is 16.0 Å². The Bertz CT molecular complexity index is 685. The van der Waals surface area contributed by atoms with E-state index in [4.69, 9.17) is 4.74 Å². The Balaban J connectivity index is 1.82. The lowest BCUT2D eigenvalue weighted by molar-refractivity contribution is -0.385. The first-order valence-electron chi connectivity index (χ1n) is 10.1. The molecular weight excluding hydrogens is 360 g/mol. The summed E-state index contributed by atoms with van der Waals surface area (Å²) in [7, 11) is 1.91. The highest BCUT2D eigenvalue weighted by Gasteiger charge is 2.29. The minimum absolute atomic E-state index is 0.0164. The quantitative estimate of drug-likeness (QED) is 0.242. The number of aldehydes is 1. The summed E-state index contributed by atoms with van der Waals surface area (Å²) in [4.78, 5) is 35.8. The number of ether oxygens (including phenoxy) is 1. The number of nitro benzene ring substituents is 1. The molecular formula is C21H30N2O5. The van der Waals surface area contributed by atoms with Gasteiger partial charge in [0, 0.05) is 25.6 Å². The summed E-state index contributed by atoms with van der Waals surface area (Å²) in [5, 5.41) is 10.9. The molecule has 1 aliphatic carbocycles. The minimum atomic E-state index is -0.598. The normalized spacial score (nSPS) is 15.2. The molecule has 1 aliphatic rings. The summed E-state index contributed by atoms with van der Waals surface area (Å²) in [6.45, 7) is 2.48. The first kappa shape index (κ1) is 21.9. The predicted molar refractivity (Wildman–Crippen MR) is 107 cm³/mol. The van der Waals surface area contributed by atoms with E-state index in [1.807, 2.05) is 11.9 Å². The zero-order valence-corrected chi connectivity index (χ0v) is 16.8. The molecule has 0 aromatic heterocycles.